The van der Waals surface area contributed by atoms with Gasteiger partial charge >= 0.3 is 0 Å². The Labute approximate surface area is 131 Å². The number of halogens is 1. The molecule has 0 fully saturated rings. The molecule has 106 valence electrons. The largest absolute Gasteiger partial charge is 0.167 e. The van der Waals surface area contributed by atoms with Gasteiger partial charge in [-0.15, -0.1) is 0 Å². The molecule has 4 rings (SSSR count). The van der Waals surface area contributed by atoms with E-state index >= 15 is 0 Å². The second kappa shape index (κ2) is 4.59. The first-order chi connectivity index (χ1) is 10.1. The van der Waals surface area contributed by atoms with E-state index in [4.69, 9.17) is 11.1 Å². The maximum atomic E-state index is 6.77. The zero-order valence-electron chi connectivity index (χ0n) is 12.5. The van der Waals surface area contributed by atoms with E-state index in [9.17, 15) is 0 Å². The number of fused-ring (bicyclic) bond motifs is 6. The van der Waals surface area contributed by atoms with Crippen molar-refractivity contribution in [1.82, 2.24) is 0 Å². The van der Waals surface area contributed by atoms with Crippen LogP contribution in [0.3, 0.4) is 0 Å². The maximum absolute atomic E-state index is 6.77. The lowest BCUT2D eigenvalue weighted by molar-refractivity contribution is 0.877. The molecule has 0 aliphatic heterocycles. The predicted molar refractivity (Wildman–Crippen MR) is 95.9 cm³/mol. The standard InChI is InChI=1S/C19H19ClSi/c1-21(2,20)13-11-18-16-9-5-3-7-14(16)15-8-4-6-10-17(15)19(18)12-13/h3-10,13H,11-12H2,1-2H3. The van der Waals surface area contributed by atoms with Crippen molar-refractivity contribution in [2.75, 3.05) is 0 Å². The van der Waals surface area contributed by atoms with Crippen LogP contribution in [-0.2, 0) is 12.8 Å². The fourth-order valence-electron chi connectivity index (χ4n) is 3.80. The molecule has 3 aromatic rings. The van der Waals surface area contributed by atoms with E-state index in [-0.39, 0.29) is 0 Å². The van der Waals surface area contributed by atoms with Crippen molar-refractivity contribution in [3.05, 3.63) is 59.7 Å². The molecule has 0 atom stereocenters. The fraction of sp³-hybridized carbons (Fsp3) is 0.263. The zero-order chi connectivity index (χ0) is 14.6. The van der Waals surface area contributed by atoms with Crippen molar-refractivity contribution in [1.29, 1.82) is 0 Å². The number of hydrogen-bond donors (Lipinski definition) is 0. The van der Waals surface area contributed by atoms with E-state index in [0.717, 1.165) is 12.8 Å². The molecule has 0 saturated carbocycles. The molecular weight excluding hydrogens is 292 g/mol. The lowest BCUT2D eigenvalue weighted by Gasteiger charge is -2.20. The normalized spacial score (nSPS) is 15.8. The van der Waals surface area contributed by atoms with Crippen molar-refractivity contribution in [2.24, 2.45) is 0 Å². The van der Waals surface area contributed by atoms with Crippen LogP contribution in [0.5, 0.6) is 0 Å². The Hall–Kier alpha value is -1.31. The summed E-state index contributed by atoms with van der Waals surface area (Å²) in [5, 5.41) is 5.65. The van der Waals surface area contributed by atoms with Crippen LogP contribution in [0.1, 0.15) is 11.1 Å². The first-order valence-corrected chi connectivity index (χ1v) is 11.7. The van der Waals surface area contributed by atoms with Gasteiger partial charge in [-0.05, 0) is 51.1 Å². The van der Waals surface area contributed by atoms with Gasteiger partial charge < -0.3 is 0 Å². The maximum Gasteiger partial charge on any atom is 0.154 e. The molecule has 0 N–H and O–H groups in total. The van der Waals surface area contributed by atoms with Crippen molar-refractivity contribution < 1.29 is 0 Å². The molecule has 0 bridgehead atoms. The zero-order valence-corrected chi connectivity index (χ0v) is 14.2. The molecule has 1 aliphatic carbocycles. The van der Waals surface area contributed by atoms with E-state index in [1.54, 1.807) is 11.1 Å². The third-order valence-corrected chi connectivity index (χ3v) is 8.31. The lowest BCUT2D eigenvalue weighted by atomic mass is 9.93. The summed E-state index contributed by atoms with van der Waals surface area (Å²) in [6, 6.07) is 17.7. The van der Waals surface area contributed by atoms with Crippen LogP contribution in [0.25, 0.3) is 21.5 Å². The highest BCUT2D eigenvalue weighted by Gasteiger charge is 2.36. The molecule has 0 saturated heterocycles. The Kier molecular flexibility index (Phi) is 2.92. The van der Waals surface area contributed by atoms with Gasteiger partial charge in [0.05, 0.1) is 0 Å². The summed E-state index contributed by atoms with van der Waals surface area (Å²) < 4.78 is 0. The molecule has 3 aromatic carbocycles. The van der Waals surface area contributed by atoms with Gasteiger partial charge in [-0.3, -0.25) is 0 Å². The minimum atomic E-state index is -1.62. The van der Waals surface area contributed by atoms with Crippen LogP contribution in [0.15, 0.2) is 48.5 Å². The highest BCUT2D eigenvalue weighted by molar-refractivity contribution is 7.19. The van der Waals surface area contributed by atoms with Gasteiger partial charge in [-0.1, -0.05) is 61.6 Å². The van der Waals surface area contributed by atoms with Crippen LogP contribution in [0, 0.1) is 0 Å². The highest BCUT2D eigenvalue weighted by atomic mass is 35.6. The number of benzene rings is 3. The predicted octanol–water partition coefficient (Wildman–Crippen LogP) is 5.91. The molecular formula is C19H19ClSi. The van der Waals surface area contributed by atoms with Crippen molar-refractivity contribution in [3.8, 4) is 0 Å². The topological polar surface area (TPSA) is 0 Å². The van der Waals surface area contributed by atoms with Crippen molar-refractivity contribution in [3.63, 3.8) is 0 Å². The molecule has 0 amide bonds. The van der Waals surface area contributed by atoms with Gasteiger partial charge in [0.25, 0.3) is 0 Å². The number of rotatable bonds is 1. The quantitative estimate of drug-likeness (QED) is 0.298. The van der Waals surface area contributed by atoms with Crippen LogP contribution < -0.4 is 0 Å². The summed E-state index contributed by atoms with van der Waals surface area (Å²) in [6.07, 6.45) is 2.31. The Bertz CT molecular complexity index is 780. The molecule has 21 heavy (non-hydrogen) atoms. The molecule has 1 aliphatic rings. The Morgan fingerprint density at radius 3 is 1.52 bits per heavy atom. The molecule has 0 heterocycles. The lowest BCUT2D eigenvalue weighted by Crippen LogP contribution is -2.25. The molecule has 0 aromatic heterocycles. The molecule has 2 heteroatoms. The van der Waals surface area contributed by atoms with Crippen molar-refractivity contribution in [2.45, 2.75) is 31.5 Å². The first-order valence-electron chi connectivity index (χ1n) is 7.66. The third-order valence-electron chi connectivity index (χ3n) is 5.03. The Morgan fingerprint density at radius 2 is 1.14 bits per heavy atom. The fourth-order valence-corrected chi connectivity index (χ4v) is 5.65. The Morgan fingerprint density at radius 1 is 0.762 bits per heavy atom. The van der Waals surface area contributed by atoms with E-state index in [1.807, 2.05) is 0 Å². The summed E-state index contributed by atoms with van der Waals surface area (Å²) in [5.41, 5.74) is 3.76. The van der Waals surface area contributed by atoms with E-state index in [1.165, 1.54) is 21.5 Å². The average molecular weight is 311 g/mol. The molecule has 0 radical (unpaired) electrons. The van der Waals surface area contributed by atoms with Gasteiger partial charge in [0.2, 0.25) is 0 Å². The van der Waals surface area contributed by atoms with Crippen LogP contribution in [0.2, 0.25) is 18.6 Å². The van der Waals surface area contributed by atoms with Gasteiger partial charge in [-0.25, -0.2) is 0 Å². The second-order valence-electron chi connectivity index (χ2n) is 6.72. The average Bonchev–Trinajstić information content (AvgIpc) is 2.93. The summed E-state index contributed by atoms with van der Waals surface area (Å²) in [7, 11) is -1.62. The molecule has 0 nitrogen and oxygen atoms in total. The highest BCUT2D eigenvalue weighted by Crippen LogP contribution is 2.45. The van der Waals surface area contributed by atoms with Gasteiger partial charge in [-0.2, -0.15) is 11.1 Å². The Balaban J connectivity index is 2.07. The van der Waals surface area contributed by atoms with E-state index in [0.29, 0.717) is 5.54 Å². The summed E-state index contributed by atoms with van der Waals surface area (Å²) >= 11 is 6.77. The summed E-state index contributed by atoms with van der Waals surface area (Å²) in [4.78, 5) is 0. The smallest absolute Gasteiger partial charge is 0.154 e. The first kappa shape index (κ1) is 13.4. The summed E-state index contributed by atoms with van der Waals surface area (Å²) in [5.74, 6) is 0. The van der Waals surface area contributed by atoms with Gasteiger partial charge in [0.1, 0.15) is 0 Å². The minimum Gasteiger partial charge on any atom is -0.167 e. The molecule has 0 spiro atoms. The van der Waals surface area contributed by atoms with Gasteiger partial charge in [0.15, 0.2) is 7.38 Å². The second-order valence-corrected chi connectivity index (χ2v) is 13.6. The van der Waals surface area contributed by atoms with Crippen LogP contribution in [-0.4, -0.2) is 7.38 Å². The van der Waals surface area contributed by atoms with Crippen LogP contribution >= 0.6 is 11.1 Å². The third kappa shape index (κ3) is 2.03. The van der Waals surface area contributed by atoms with E-state index < -0.39 is 7.38 Å². The SMILES string of the molecule is C[Si](C)(Cl)C1Cc2c(c3ccccc3c3ccccc23)C1. The monoisotopic (exact) mass is 310 g/mol. The number of hydrogen-bond acceptors (Lipinski definition) is 0. The van der Waals surface area contributed by atoms with Gasteiger partial charge in [0, 0.05) is 0 Å². The minimum absolute atomic E-state index is 0.656. The summed E-state index contributed by atoms with van der Waals surface area (Å²) in [6.45, 7) is 4.57. The van der Waals surface area contributed by atoms with Crippen molar-refractivity contribution >= 4 is 40.0 Å². The molecule has 0 unspecified atom stereocenters. The van der Waals surface area contributed by atoms with Crippen LogP contribution in [0.4, 0.5) is 0 Å². The van der Waals surface area contributed by atoms with E-state index in [2.05, 4.69) is 61.6 Å².